The van der Waals surface area contributed by atoms with Crippen LogP contribution in [0.1, 0.15) is 69.2 Å². The van der Waals surface area contributed by atoms with Crippen LogP contribution in [0.2, 0.25) is 13.1 Å². The minimum atomic E-state index is -4.96. The maximum absolute atomic E-state index is 8.85. The SMILES string of the molecule is CCCc1ccc(-c2cccc3ccccc23)c2c1[CH]([Zr]([Cl])([Cl])([CH]1C(C(C)C)=Cc3c(-c4cccc5ccccc45)cccc31)[SiH](C)C)C(C)=C2. The summed E-state index contributed by atoms with van der Waals surface area (Å²) < 4.78 is 0.119. The monoisotopic (exact) mass is 799 g/mol. The number of hydrogen-bond acceptors (Lipinski definition) is 0. The van der Waals surface area contributed by atoms with E-state index in [1.165, 1.54) is 82.8 Å². The van der Waals surface area contributed by atoms with Gasteiger partial charge in [-0.3, -0.25) is 0 Å². The first-order chi connectivity index (χ1) is 24.5. The molecule has 2 aliphatic carbocycles. The Bertz CT molecular complexity index is 2410. The third kappa shape index (κ3) is 5.38. The van der Waals surface area contributed by atoms with Crippen LogP contribution in [0.15, 0.2) is 126 Å². The molecule has 51 heavy (non-hydrogen) atoms. The predicted molar refractivity (Wildman–Crippen MR) is 225 cm³/mol. The van der Waals surface area contributed by atoms with E-state index in [9.17, 15) is 0 Å². The van der Waals surface area contributed by atoms with Crippen molar-refractivity contribution in [3.05, 3.63) is 154 Å². The summed E-state index contributed by atoms with van der Waals surface area (Å²) in [6, 6.07) is 42.6. The topological polar surface area (TPSA) is 0 Å². The van der Waals surface area contributed by atoms with E-state index in [-0.39, 0.29) is 7.25 Å². The Hall–Kier alpha value is -3.00. The molecule has 2 unspecified atom stereocenters. The van der Waals surface area contributed by atoms with Gasteiger partial charge in [-0.25, -0.2) is 0 Å². The number of allylic oxidation sites excluding steroid dienone is 2. The van der Waals surface area contributed by atoms with E-state index in [0.29, 0.717) is 5.92 Å². The Morgan fingerprint density at radius 2 is 1.18 bits per heavy atom. The zero-order chi connectivity index (χ0) is 35.7. The number of halogens is 2. The van der Waals surface area contributed by atoms with Crippen LogP contribution in [0.3, 0.4) is 0 Å². The minimum absolute atomic E-state index is 0.0568. The molecule has 0 bridgehead atoms. The fraction of sp³-hybridized carbons (Fsp3) is 0.234. The molecule has 0 amide bonds. The average molecular weight is 802 g/mol. The predicted octanol–water partition coefficient (Wildman–Crippen LogP) is 14.5. The number of hydrogen-bond donors (Lipinski definition) is 0. The van der Waals surface area contributed by atoms with Crippen LogP contribution >= 0.6 is 17.0 Å². The molecule has 0 aromatic heterocycles. The molecule has 0 saturated carbocycles. The summed E-state index contributed by atoms with van der Waals surface area (Å²) >= 11 is -4.96. The molecule has 0 fully saturated rings. The number of fused-ring (bicyclic) bond motifs is 4. The zero-order valence-corrected chi connectivity index (χ0v) is 35.7. The molecule has 0 heterocycles. The van der Waals surface area contributed by atoms with Crippen molar-refractivity contribution in [2.24, 2.45) is 5.92 Å². The summed E-state index contributed by atoms with van der Waals surface area (Å²) in [4.78, 5) is 0. The Morgan fingerprint density at radius 3 is 1.76 bits per heavy atom. The van der Waals surface area contributed by atoms with Gasteiger partial charge in [-0.2, -0.15) is 0 Å². The molecular formula is C47H47Cl2SiZr. The van der Waals surface area contributed by atoms with Crippen LogP contribution < -0.4 is 0 Å². The number of aryl methyl sites for hydroxylation is 1. The molecule has 0 saturated heterocycles. The van der Waals surface area contributed by atoms with E-state index >= 15 is 0 Å². The van der Waals surface area contributed by atoms with Crippen molar-refractivity contribution < 1.29 is 15.6 Å². The molecular weight excluding hydrogens is 755 g/mol. The second kappa shape index (κ2) is 13.1. The van der Waals surface area contributed by atoms with Crippen molar-refractivity contribution >= 4 is 56.6 Å². The fourth-order valence-corrected chi connectivity index (χ4v) is 41.8. The number of rotatable bonds is 8. The third-order valence-electron chi connectivity index (χ3n) is 12.1. The molecule has 2 atom stereocenters. The van der Waals surface area contributed by atoms with E-state index in [4.69, 9.17) is 17.0 Å². The molecule has 4 heteroatoms. The van der Waals surface area contributed by atoms with Gasteiger partial charge in [0.25, 0.3) is 0 Å². The van der Waals surface area contributed by atoms with Crippen molar-refractivity contribution in [1.82, 2.24) is 0 Å². The Morgan fingerprint density at radius 1 is 0.627 bits per heavy atom. The first-order valence-electron chi connectivity index (χ1n) is 18.8. The van der Waals surface area contributed by atoms with E-state index in [1.54, 1.807) is 0 Å². The molecule has 257 valence electrons. The standard InChI is InChI=1S/C23H21.C22H19.C2H7Si.2ClH.Zr/c1-3-7-17-12-13-21(23-15-16(2)14-22(17)23)20-11-6-9-18-8-4-5-10-19(18)20;1-15(2)18-13-17-9-6-12-21(22(17)14-18)20-11-5-8-16-7-3-4-10-19(16)20;1-3-2;;;/h4-6,8-15H,3,7H2,1-2H3;3-15H,1-2H3;3H,1-2H3;2*1H;/q;;;;;+2/p-2. The Kier molecular flexibility index (Phi) is 9.03. The van der Waals surface area contributed by atoms with Gasteiger partial charge >= 0.3 is 315 Å². The van der Waals surface area contributed by atoms with Crippen LogP contribution in [0.25, 0.3) is 56.0 Å². The van der Waals surface area contributed by atoms with Gasteiger partial charge in [-0.05, 0) is 0 Å². The van der Waals surface area contributed by atoms with Gasteiger partial charge in [0.2, 0.25) is 0 Å². The van der Waals surface area contributed by atoms with Crippen molar-refractivity contribution in [1.29, 1.82) is 0 Å². The molecule has 6 aromatic carbocycles. The van der Waals surface area contributed by atoms with Crippen molar-refractivity contribution in [3.63, 3.8) is 0 Å². The van der Waals surface area contributed by atoms with Gasteiger partial charge in [0.05, 0.1) is 0 Å². The number of benzene rings is 6. The fourth-order valence-electron chi connectivity index (χ4n) is 9.68. The molecule has 0 radical (unpaired) electrons. The van der Waals surface area contributed by atoms with Crippen LogP contribution in [0.5, 0.6) is 0 Å². The van der Waals surface area contributed by atoms with Crippen LogP contribution in [-0.2, 0) is 22.0 Å². The van der Waals surface area contributed by atoms with Crippen LogP contribution in [0, 0.1) is 5.92 Å². The van der Waals surface area contributed by atoms with Crippen LogP contribution in [-0.4, -0.2) is 5.92 Å². The van der Waals surface area contributed by atoms with Crippen molar-refractivity contribution in [2.45, 2.75) is 60.9 Å². The summed E-state index contributed by atoms with van der Waals surface area (Å²) in [5.41, 5.74) is 14.8. The van der Waals surface area contributed by atoms with Gasteiger partial charge in [0, 0.05) is 0 Å². The quantitative estimate of drug-likeness (QED) is 0.135. The van der Waals surface area contributed by atoms with Crippen molar-refractivity contribution in [3.8, 4) is 22.3 Å². The molecule has 0 spiro atoms. The van der Waals surface area contributed by atoms with Crippen LogP contribution in [0.4, 0.5) is 0 Å². The Balaban J connectivity index is 1.38. The summed E-state index contributed by atoms with van der Waals surface area (Å²) in [6.45, 7) is 14.3. The summed E-state index contributed by atoms with van der Waals surface area (Å²) in [5, 5.41) is 5.10. The molecule has 0 nitrogen and oxygen atoms in total. The van der Waals surface area contributed by atoms with Gasteiger partial charge in [0.1, 0.15) is 0 Å². The third-order valence-corrected chi connectivity index (χ3v) is 64.1. The molecule has 2 aliphatic rings. The van der Waals surface area contributed by atoms with E-state index < -0.39 is 21.5 Å². The zero-order valence-electron chi connectivity index (χ0n) is 30.6. The van der Waals surface area contributed by atoms with E-state index in [2.05, 4.69) is 168 Å². The summed E-state index contributed by atoms with van der Waals surface area (Å²) in [7, 11) is 17.7. The average Bonchev–Trinajstić information content (AvgIpc) is 3.72. The van der Waals surface area contributed by atoms with Gasteiger partial charge in [-0.15, -0.1) is 0 Å². The maximum atomic E-state index is 8.85. The molecule has 0 N–H and O–H groups in total. The van der Waals surface area contributed by atoms with Crippen molar-refractivity contribution in [2.75, 3.05) is 0 Å². The van der Waals surface area contributed by atoms with Gasteiger partial charge < -0.3 is 0 Å². The van der Waals surface area contributed by atoms with Gasteiger partial charge in [-0.1, -0.05) is 0 Å². The van der Waals surface area contributed by atoms with E-state index in [0.717, 1.165) is 12.8 Å². The second-order valence-corrected chi connectivity index (χ2v) is 58.2. The van der Waals surface area contributed by atoms with Gasteiger partial charge in [0.15, 0.2) is 0 Å². The van der Waals surface area contributed by atoms with E-state index in [1.807, 2.05) is 0 Å². The second-order valence-electron chi connectivity index (χ2n) is 15.6. The normalized spacial score (nSPS) is 17.8. The first kappa shape index (κ1) is 35.1. The Labute approximate surface area is 313 Å². The first-order valence-corrected chi connectivity index (χ1v) is 35.1. The molecule has 8 rings (SSSR count). The molecule has 0 aliphatic heterocycles. The molecule has 6 aromatic rings. The summed E-state index contributed by atoms with van der Waals surface area (Å²) in [5.74, 6) is -1.38. The summed E-state index contributed by atoms with van der Waals surface area (Å²) in [6.07, 6.45) is 7.09.